The fraction of sp³-hybridized carbons (Fsp3) is 0.105. The van der Waals surface area contributed by atoms with E-state index in [9.17, 15) is 18.0 Å². The Morgan fingerprint density at radius 1 is 1.07 bits per heavy atom. The molecular weight excluding hydrogens is 375 g/mol. The maximum absolute atomic E-state index is 12.8. The normalized spacial score (nSPS) is 11.3. The summed E-state index contributed by atoms with van der Waals surface area (Å²) in [5, 5.41) is 8.99. The molecule has 0 aliphatic carbocycles. The van der Waals surface area contributed by atoms with Crippen LogP contribution in [0.25, 0.3) is 11.1 Å². The second-order valence-corrected chi connectivity index (χ2v) is 6.53. The minimum absolute atomic E-state index is 0.0504. The number of thiophene rings is 1. The predicted molar refractivity (Wildman–Crippen MR) is 102 cm³/mol. The van der Waals surface area contributed by atoms with Crippen LogP contribution in [0.5, 0.6) is 0 Å². The maximum Gasteiger partial charge on any atom is 0.416 e. The van der Waals surface area contributed by atoms with E-state index in [1.807, 2.05) is 29.0 Å². The van der Waals surface area contributed by atoms with Crippen molar-refractivity contribution in [1.29, 1.82) is 0 Å². The molecule has 0 aliphatic rings. The Hall–Kier alpha value is -2.84. The van der Waals surface area contributed by atoms with Crippen LogP contribution in [0.1, 0.15) is 11.1 Å². The quantitative estimate of drug-likeness (QED) is 0.547. The Morgan fingerprint density at radius 3 is 2.56 bits per heavy atom. The second-order valence-electron chi connectivity index (χ2n) is 5.75. The number of hydrogen-bond donors (Lipinski definition) is 3. The number of amides is 2. The fourth-order valence-electron chi connectivity index (χ4n) is 2.55. The molecule has 3 rings (SSSR count). The highest BCUT2D eigenvalue weighted by atomic mass is 32.1. The topological polar surface area (TPSA) is 67.1 Å². The number of nitrogens with two attached hydrogens (primary N) is 1. The summed E-state index contributed by atoms with van der Waals surface area (Å²) in [7, 11) is 0. The van der Waals surface area contributed by atoms with Crippen LogP contribution in [0.4, 0.5) is 29.3 Å². The van der Waals surface area contributed by atoms with Gasteiger partial charge in [0, 0.05) is 17.8 Å². The molecule has 0 saturated carbocycles. The summed E-state index contributed by atoms with van der Waals surface area (Å²) in [6.45, 7) is 0.299. The summed E-state index contributed by atoms with van der Waals surface area (Å²) in [4.78, 5) is 12.3. The Labute approximate surface area is 157 Å². The molecule has 0 aliphatic heterocycles. The van der Waals surface area contributed by atoms with Crippen molar-refractivity contribution < 1.29 is 18.0 Å². The number of urea groups is 1. The third kappa shape index (κ3) is 4.66. The van der Waals surface area contributed by atoms with E-state index in [0.717, 1.165) is 28.8 Å². The van der Waals surface area contributed by atoms with Gasteiger partial charge >= 0.3 is 12.2 Å². The molecule has 0 spiro atoms. The van der Waals surface area contributed by atoms with Crippen molar-refractivity contribution in [3.05, 3.63) is 70.4 Å². The van der Waals surface area contributed by atoms with E-state index in [0.29, 0.717) is 12.2 Å². The molecule has 3 aromatic rings. The first-order chi connectivity index (χ1) is 12.9. The van der Waals surface area contributed by atoms with Gasteiger partial charge in [0.15, 0.2) is 0 Å². The molecule has 0 bridgehead atoms. The summed E-state index contributed by atoms with van der Waals surface area (Å²) >= 11 is 1.52. The Morgan fingerprint density at radius 2 is 1.89 bits per heavy atom. The third-order valence-electron chi connectivity index (χ3n) is 3.85. The largest absolute Gasteiger partial charge is 0.416 e. The molecular formula is C19H16F3N3OS. The molecule has 0 saturated heterocycles. The van der Waals surface area contributed by atoms with Gasteiger partial charge in [0.2, 0.25) is 0 Å². The van der Waals surface area contributed by atoms with Gasteiger partial charge in [-0.15, -0.1) is 0 Å². The first kappa shape index (κ1) is 18.9. The molecule has 0 fully saturated rings. The molecule has 0 atom stereocenters. The zero-order valence-electron chi connectivity index (χ0n) is 14.0. The van der Waals surface area contributed by atoms with Crippen molar-refractivity contribution in [3.63, 3.8) is 0 Å². The van der Waals surface area contributed by atoms with Crippen LogP contribution in [-0.2, 0) is 12.7 Å². The highest BCUT2D eigenvalue weighted by molar-refractivity contribution is 7.08. The second kappa shape index (κ2) is 7.81. The van der Waals surface area contributed by atoms with Gasteiger partial charge in [-0.1, -0.05) is 18.2 Å². The number of alkyl halides is 3. The minimum atomic E-state index is -4.48. The molecule has 1 aromatic heterocycles. The number of carbonyl (C=O) groups is 1. The fourth-order valence-corrected chi connectivity index (χ4v) is 3.21. The molecule has 27 heavy (non-hydrogen) atoms. The summed E-state index contributed by atoms with van der Waals surface area (Å²) in [6.07, 6.45) is -4.48. The number of benzene rings is 2. The van der Waals surface area contributed by atoms with E-state index in [2.05, 4.69) is 10.6 Å². The average Bonchev–Trinajstić information content (AvgIpc) is 3.15. The predicted octanol–water partition coefficient (Wildman–Crippen LogP) is 5.54. The molecule has 2 amide bonds. The molecule has 8 heteroatoms. The van der Waals surface area contributed by atoms with Gasteiger partial charge in [0.1, 0.15) is 0 Å². The molecule has 2 aromatic carbocycles. The van der Waals surface area contributed by atoms with Gasteiger partial charge in [-0.25, -0.2) is 4.79 Å². The van der Waals surface area contributed by atoms with Crippen LogP contribution in [0.15, 0.2) is 59.3 Å². The van der Waals surface area contributed by atoms with E-state index < -0.39 is 17.8 Å². The SMILES string of the molecule is NCc1ccc(-c2ccsc2)c(NC(=O)Nc2cccc(C(F)(F)F)c2)c1. The molecule has 4 nitrogen and oxygen atoms in total. The number of hydrogen-bond acceptors (Lipinski definition) is 3. The van der Waals surface area contributed by atoms with Gasteiger partial charge in [-0.2, -0.15) is 24.5 Å². The van der Waals surface area contributed by atoms with Crippen LogP contribution in [-0.4, -0.2) is 6.03 Å². The van der Waals surface area contributed by atoms with Crippen molar-refractivity contribution in [3.8, 4) is 11.1 Å². The van der Waals surface area contributed by atoms with Gasteiger partial charge < -0.3 is 16.4 Å². The Balaban J connectivity index is 1.82. The Bertz CT molecular complexity index is 940. The van der Waals surface area contributed by atoms with Gasteiger partial charge in [-0.05, 0) is 52.2 Å². The van der Waals surface area contributed by atoms with E-state index in [4.69, 9.17) is 5.73 Å². The van der Waals surface area contributed by atoms with Gasteiger partial charge in [0.05, 0.1) is 11.3 Å². The average molecular weight is 391 g/mol. The minimum Gasteiger partial charge on any atom is -0.326 e. The van der Waals surface area contributed by atoms with Gasteiger partial charge in [-0.3, -0.25) is 0 Å². The van der Waals surface area contributed by atoms with Crippen LogP contribution >= 0.6 is 11.3 Å². The summed E-state index contributed by atoms with van der Waals surface area (Å²) in [6, 6.07) is 11.2. The lowest BCUT2D eigenvalue weighted by Crippen LogP contribution is -2.20. The molecule has 1 heterocycles. The van der Waals surface area contributed by atoms with E-state index in [1.54, 1.807) is 6.07 Å². The molecule has 140 valence electrons. The third-order valence-corrected chi connectivity index (χ3v) is 4.53. The number of anilines is 2. The zero-order chi connectivity index (χ0) is 19.4. The monoisotopic (exact) mass is 391 g/mol. The van der Waals surface area contributed by atoms with Crippen molar-refractivity contribution in [2.45, 2.75) is 12.7 Å². The number of rotatable bonds is 4. The zero-order valence-corrected chi connectivity index (χ0v) is 14.8. The molecule has 0 radical (unpaired) electrons. The van der Waals surface area contributed by atoms with Crippen LogP contribution < -0.4 is 16.4 Å². The highest BCUT2D eigenvalue weighted by Gasteiger charge is 2.30. The lowest BCUT2D eigenvalue weighted by Gasteiger charge is -2.14. The number of nitrogens with one attached hydrogen (secondary N) is 2. The first-order valence-electron chi connectivity index (χ1n) is 7.97. The maximum atomic E-state index is 12.8. The lowest BCUT2D eigenvalue weighted by molar-refractivity contribution is -0.137. The van der Waals surface area contributed by atoms with Crippen molar-refractivity contribution >= 4 is 28.7 Å². The summed E-state index contributed by atoms with van der Waals surface area (Å²) in [5.74, 6) is 0. The first-order valence-corrected chi connectivity index (χ1v) is 8.92. The van der Waals surface area contributed by atoms with Crippen molar-refractivity contribution in [2.75, 3.05) is 10.6 Å². The van der Waals surface area contributed by atoms with Crippen molar-refractivity contribution in [1.82, 2.24) is 0 Å². The van der Waals surface area contributed by atoms with E-state index in [1.165, 1.54) is 23.5 Å². The van der Waals surface area contributed by atoms with Crippen LogP contribution in [0.3, 0.4) is 0 Å². The Kier molecular flexibility index (Phi) is 5.48. The standard InChI is InChI=1S/C19H16F3N3OS/c20-19(21,22)14-2-1-3-15(9-14)24-18(26)25-17-8-12(10-23)4-5-16(17)13-6-7-27-11-13/h1-9,11H,10,23H2,(H2,24,25,26). The van der Waals surface area contributed by atoms with E-state index >= 15 is 0 Å². The number of carbonyl (C=O) groups excluding carboxylic acids is 1. The summed E-state index contributed by atoms with van der Waals surface area (Å²) < 4.78 is 38.4. The van der Waals surface area contributed by atoms with Gasteiger partial charge in [0.25, 0.3) is 0 Å². The molecule has 0 unspecified atom stereocenters. The number of halogens is 3. The van der Waals surface area contributed by atoms with Crippen LogP contribution in [0, 0.1) is 0 Å². The smallest absolute Gasteiger partial charge is 0.326 e. The van der Waals surface area contributed by atoms with Crippen molar-refractivity contribution in [2.24, 2.45) is 5.73 Å². The lowest BCUT2D eigenvalue weighted by atomic mass is 10.0. The van der Waals surface area contributed by atoms with E-state index in [-0.39, 0.29) is 5.69 Å². The highest BCUT2D eigenvalue weighted by Crippen LogP contribution is 2.32. The summed E-state index contributed by atoms with van der Waals surface area (Å²) in [5.41, 5.74) is 7.97. The molecule has 4 N–H and O–H groups in total. The van der Waals surface area contributed by atoms with Crippen LogP contribution in [0.2, 0.25) is 0 Å².